The largest absolute Gasteiger partial charge is 0.481 e. The average Bonchev–Trinajstić information content (AvgIpc) is 2.81. The highest BCUT2D eigenvalue weighted by Crippen LogP contribution is 2.40. The molecule has 0 fully saturated rings. The number of carboxylic acid groups (broad SMARTS) is 1. The van der Waals surface area contributed by atoms with Crippen LogP contribution < -0.4 is 10.2 Å². The van der Waals surface area contributed by atoms with Gasteiger partial charge in [0.25, 0.3) is 5.91 Å². The fourth-order valence-corrected chi connectivity index (χ4v) is 2.90. The van der Waals surface area contributed by atoms with E-state index in [1.54, 1.807) is 23.1 Å². The van der Waals surface area contributed by atoms with Crippen LogP contribution in [-0.2, 0) is 9.59 Å². The summed E-state index contributed by atoms with van der Waals surface area (Å²) in [5.41, 5.74) is 2.05. The third kappa shape index (κ3) is 2.52. The topological polar surface area (TPSA) is 86.7 Å². The minimum absolute atomic E-state index is 0.0394. The van der Waals surface area contributed by atoms with Gasteiger partial charge in [0.05, 0.1) is 12.1 Å². The Balaban J connectivity index is 1.99. The zero-order valence-corrected chi connectivity index (χ0v) is 12.6. The lowest BCUT2D eigenvalue weighted by Crippen LogP contribution is -2.25. The standard InChI is InChI=1S/C17H16N2O4/c1-2-19-13-7-6-12(18-14(20)8-9-15(21)22)10-4-3-5-11(16(10)13)17(19)23/h3-7H,2,8-9H2,1H3,(H,18,20)(H,21,22). The number of carboxylic acids is 1. The molecule has 2 aromatic rings. The summed E-state index contributed by atoms with van der Waals surface area (Å²) in [6.07, 6.45) is -0.298. The molecule has 1 aliphatic heterocycles. The Labute approximate surface area is 132 Å². The molecule has 2 amide bonds. The third-order valence-electron chi connectivity index (χ3n) is 3.94. The molecule has 0 saturated carbocycles. The second-order valence-electron chi connectivity index (χ2n) is 5.35. The van der Waals surface area contributed by atoms with Gasteiger partial charge in [0.1, 0.15) is 0 Å². The van der Waals surface area contributed by atoms with E-state index in [1.807, 2.05) is 19.1 Å². The van der Waals surface area contributed by atoms with Gasteiger partial charge < -0.3 is 15.3 Å². The molecule has 1 aliphatic rings. The molecule has 6 heteroatoms. The summed E-state index contributed by atoms with van der Waals surface area (Å²) in [5.74, 6) is -1.41. The van der Waals surface area contributed by atoms with Crippen molar-refractivity contribution in [2.45, 2.75) is 19.8 Å². The number of aliphatic carboxylic acids is 1. The Bertz CT molecular complexity index is 829. The molecule has 1 heterocycles. The van der Waals surface area contributed by atoms with Gasteiger partial charge in [-0.15, -0.1) is 0 Å². The lowest BCUT2D eigenvalue weighted by Gasteiger charge is -2.15. The zero-order valence-electron chi connectivity index (χ0n) is 12.6. The van der Waals surface area contributed by atoms with Crippen molar-refractivity contribution in [2.24, 2.45) is 0 Å². The predicted octanol–water partition coefficient (Wildman–Crippen LogP) is 2.62. The summed E-state index contributed by atoms with van der Waals surface area (Å²) < 4.78 is 0. The van der Waals surface area contributed by atoms with Gasteiger partial charge in [0.2, 0.25) is 5.91 Å². The molecule has 0 saturated heterocycles. The van der Waals surface area contributed by atoms with Gasteiger partial charge in [0.15, 0.2) is 0 Å². The molecule has 0 aromatic heterocycles. The van der Waals surface area contributed by atoms with Crippen LogP contribution in [0.3, 0.4) is 0 Å². The fraction of sp³-hybridized carbons (Fsp3) is 0.235. The van der Waals surface area contributed by atoms with Crippen molar-refractivity contribution >= 4 is 39.9 Å². The minimum atomic E-state index is -1.01. The maximum Gasteiger partial charge on any atom is 0.303 e. The van der Waals surface area contributed by atoms with E-state index in [-0.39, 0.29) is 24.7 Å². The molecule has 3 rings (SSSR count). The quantitative estimate of drug-likeness (QED) is 0.888. The molecular formula is C17H16N2O4. The van der Waals surface area contributed by atoms with E-state index in [9.17, 15) is 14.4 Å². The van der Waals surface area contributed by atoms with E-state index < -0.39 is 5.97 Å². The van der Waals surface area contributed by atoms with Crippen molar-refractivity contribution in [1.29, 1.82) is 0 Å². The number of nitrogens with one attached hydrogen (secondary N) is 1. The highest BCUT2D eigenvalue weighted by molar-refractivity contribution is 6.27. The van der Waals surface area contributed by atoms with Crippen molar-refractivity contribution in [3.63, 3.8) is 0 Å². The number of nitrogens with zero attached hydrogens (tertiary/aromatic N) is 1. The molecule has 0 atom stereocenters. The van der Waals surface area contributed by atoms with Crippen LogP contribution in [0.5, 0.6) is 0 Å². The van der Waals surface area contributed by atoms with Crippen LogP contribution in [-0.4, -0.2) is 29.4 Å². The number of amides is 2. The summed E-state index contributed by atoms with van der Waals surface area (Å²) in [6, 6.07) is 8.97. The Kier molecular flexibility index (Phi) is 3.73. The molecular weight excluding hydrogens is 296 g/mol. The maximum absolute atomic E-state index is 12.4. The molecule has 2 N–H and O–H groups in total. The Hall–Kier alpha value is -2.89. The number of hydrogen-bond acceptors (Lipinski definition) is 3. The lowest BCUT2D eigenvalue weighted by molar-refractivity contribution is -0.138. The molecule has 0 aliphatic carbocycles. The first-order chi connectivity index (χ1) is 11.0. The van der Waals surface area contributed by atoms with Crippen molar-refractivity contribution in [3.8, 4) is 0 Å². The van der Waals surface area contributed by atoms with Gasteiger partial charge in [-0.1, -0.05) is 12.1 Å². The normalized spacial score (nSPS) is 12.7. The summed E-state index contributed by atoms with van der Waals surface area (Å²) in [7, 11) is 0. The summed E-state index contributed by atoms with van der Waals surface area (Å²) in [4.78, 5) is 36.5. The van der Waals surface area contributed by atoms with Gasteiger partial charge in [-0.3, -0.25) is 14.4 Å². The minimum Gasteiger partial charge on any atom is -0.481 e. The number of rotatable bonds is 5. The van der Waals surface area contributed by atoms with Gasteiger partial charge in [-0.25, -0.2) is 0 Å². The molecule has 0 radical (unpaired) electrons. The van der Waals surface area contributed by atoms with Crippen molar-refractivity contribution < 1.29 is 19.5 Å². The summed E-state index contributed by atoms with van der Waals surface area (Å²) in [5, 5.41) is 13.0. The first kappa shape index (κ1) is 15.0. The van der Waals surface area contributed by atoms with E-state index in [1.165, 1.54) is 0 Å². The smallest absolute Gasteiger partial charge is 0.303 e. The van der Waals surface area contributed by atoms with Crippen LogP contribution in [0.2, 0.25) is 0 Å². The third-order valence-corrected chi connectivity index (χ3v) is 3.94. The van der Waals surface area contributed by atoms with E-state index in [0.29, 0.717) is 17.8 Å². The average molecular weight is 312 g/mol. The molecule has 23 heavy (non-hydrogen) atoms. The molecule has 0 unspecified atom stereocenters. The molecule has 0 bridgehead atoms. The first-order valence-corrected chi connectivity index (χ1v) is 7.42. The number of benzene rings is 2. The summed E-state index contributed by atoms with van der Waals surface area (Å²) in [6.45, 7) is 2.49. The lowest BCUT2D eigenvalue weighted by atomic mass is 10.0. The van der Waals surface area contributed by atoms with Gasteiger partial charge in [-0.05, 0) is 25.1 Å². The highest BCUT2D eigenvalue weighted by atomic mass is 16.4. The number of carbonyl (C=O) groups excluding carboxylic acids is 2. The number of anilines is 2. The van der Waals surface area contributed by atoms with E-state index in [4.69, 9.17) is 5.11 Å². The predicted molar refractivity (Wildman–Crippen MR) is 86.8 cm³/mol. The van der Waals surface area contributed by atoms with Crippen LogP contribution >= 0.6 is 0 Å². The fourth-order valence-electron chi connectivity index (χ4n) is 2.90. The second-order valence-corrected chi connectivity index (χ2v) is 5.35. The van der Waals surface area contributed by atoms with Crippen LogP contribution in [0.1, 0.15) is 30.1 Å². The highest BCUT2D eigenvalue weighted by Gasteiger charge is 2.29. The van der Waals surface area contributed by atoms with Crippen molar-refractivity contribution in [1.82, 2.24) is 0 Å². The van der Waals surface area contributed by atoms with Gasteiger partial charge >= 0.3 is 5.97 Å². The maximum atomic E-state index is 12.4. The molecule has 6 nitrogen and oxygen atoms in total. The van der Waals surface area contributed by atoms with Gasteiger partial charge in [0, 0.05) is 35.0 Å². The van der Waals surface area contributed by atoms with Crippen LogP contribution in [0.4, 0.5) is 11.4 Å². The molecule has 118 valence electrons. The monoisotopic (exact) mass is 312 g/mol. The Morgan fingerprint density at radius 1 is 1.17 bits per heavy atom. The van der Waals surface area contributed by atoms with E-state index in [2.05, 4.69) is 5.32 Å². The van der Waals surface area contributed by atoms with Crippen LogP contribution in [0.15, 0.2) is 30.3 Å². The Morgan fingerprint density at radius 3 is 2.65 bits per heavy atom. The number of carbonyl (C=O) groups is 3. The van der Waals surface area contributed by atoms with Crippen molar-refractivity contribution in [2.75, 3.05) is 16.8 Å². The molecule has 0 spiro atoms. The first-order valence-electron chi connectivity index (χ1n) is 7.42. The Morgan fingerprint density at radius 2 is 1.96 bits per heavy atom. The summed E-state index contributed by atoms with van der Waals surface area (Å²) >= 11 is 0. The van der Waals surface area contributed by atoms with E-state index in [0.717, 1.165) is 16.5 Å². The zero-order chi connectivity index (χ0) is 16.6. The second kappa shape index (κ2) is 5.72. The molecule has 2 aromatic carbocycles. The SMILES string of the molecule is CCN1C(=O)c2cccc3c(NC(=O)CCC(=O)O)ccc1c23. The number of hydrogen-bond donors (Lipinski definition) is 2. The van der Waals surface area contributed by atoms with Gasteiger partial charge in [-0.2, -0.15) is 0 Å². The van der Waals surface area contributed by atoms with Crippen molar-refractivity contribution in [3.05, 3.63) is 35.9 Å². The van der Waals surface area contributed by atoms with Crippen LogP contribution in [0.25, 0.3) is 10.8 Å². The van der Waals surface area contributed by atoms with Crippen LogP contribution in [0, 0.1) is 0 Å². The van der Waals surface area contributed by atoms with E-state index >= 15 is 0 Å².